The Bertz CT molecular complexity index is 1130. The maximum absolute atomic E-state index is 13.7. The van der Waals surface area contributed by atoms with Gasteiger partial charge in [-0.05, 0) is 50.6 Å². The Balaban J connectivity index is 1.97. The van der Waals surface area contributed by atoms with E-state index in [9.17, 15) is 18.0 Å². The molecular weight excluding hydrogens is 393 g/mol. The van der Waals surface area contributed by atoms with Crippen LogP contribution in [0, 0.1) is 11.8 Å². The molecule has 4 nitrogen and oxygen atoms in total. The Kier molecular flexibility index (Phi) is 5.40. The molecule has 0 aliphatic carbocycles. The standard InChI is InChI=1S/C23H21F3N2O2/c1-21(2,3)30-20(29)28-14-12-17-15-16(9-10-19(17)28)11-13-22(27,23(24,25)26)18-7-5-4-6-8-18/h4-10,12,14-15H,27H2,1-3H3. The van der Waals surface area contributed by atoms with Crippen molar-refractivity contribution < 1.29 is 22.7 Å². The van der Waals surface area contributed by atoms with Gasteiger partial charge in [-0.2, -0.15) is 13.2 Å². The Labute approximate surface area is 172 Å². The number of alkyl halides is 3. The van der Waals surface area contributed by atoms with Crippen molar-refractivity contribution in [2.24, 2.45) is 5.73 Å². The maximum atomic E-state index is 13.7. The second-order valence-corrected chi connectivity index (χ2v) is 7.86. The van der Waals surface area contributed by atoms with E-state index in [1.54, 1.807) is 51.2 Å². The lowest BCUT2D eigenvalue weighted by Gasteiger charge is -2.26. The van der Waals surface area contributed by atoms with Crippen LogP contribution in [0.5, 0.6) is 0 Å². The number of aromatic nitrogens is 1. The third-order valence-corrected chi connectivity index (χ3v) is 4.36. The fourth-order valence-electron chi connectivity index (χ4n) is 2.87. The van der Waals surface area contributed by atoms with Crippen LogP contribution in [0.25, 0.3) is 10.9 Å². The number of carbonyl (C=O) groups is 1. The Morgan fingerprint density at radius 3 is 2.30 bits per heavy atom. The van der Waals surface area contributed by atoms with Crippen molar-refractivity contribution in [3.8, 4) is 11.8 Å². The number of benzene rings is 2. The quantitative estimate of drug-likeness (QED) is 0.558. The summed E-state index contributed by atoms with van der Waals surface area (Å²) in [5, 5.41) is 0.641. The Morgan fingerprint density at radius 2 is 1.70 bits per heavy atom. The molecule has 2 aromatic carbocycles. The zero-order chi connectivity index (χ0) is 22.2. The fraction of sp³-hybridized carbons (Fsp3) is 0.261. The van der Waals surface area contributed by atoms with E-state index in [-0.39, 0.29) is 5.56 Å². The summed E-state index contributed by atoms with van der Waals surface area (Å²) in [7, 11) is 0. The topological polar surface area (TPSA) is 57.2 Å². The monoisotopic (exact) mass is 414 g/mol. The molecule has 0 amide bonds. The van der Waals surface area contributed by atoms with Gasteiger partial charge in [0.2, 0.25) is 0 Å². The van der Waals surface area contributed by atoms with Gasteiger partial charge in [0.05, 0.1) is 5.52 Å². The summed E-state index contributed by atoms with van der Waals surface area (Å²) in [6.07, 6.45) is -3.76. The van der Waals surface area contributed by atoms with Crippen LogP contribution in [0.2, 0.25) is 0 Å². The average molecular weight is 414 g/mol. The lowest BCUT2D eigenvalue weighted by atomic mass is 9.90. The molecule has 156 valence electrons. The van der Waals surface area contributed by atoms with Crippen molar-refractivity contribution >= 4 is 17.0 Å². The number of carbonyl (C=O) groups excluding carboxylic acids is 1. The SMILES string of the molecule is CC(C)(C)OC(=O)n1ccc2cc(C#CC(N)(c3ccccc3)C(F)(F)F)ccc21. The van der Waals surface area contributed by atoms with E-state index in [0.29, 0.717) is 16.5 Å². The normalized spacial score (nSPS) is 14.0. The first-order valence-corrected chi connectivity index (χ1v) is 9.19. The van der Waals surface area contributed by atoms with Crippen LogP contribution >= 0.6 is 0 Å². The molecule has 0 bridgehead atoms. The molecule has 7 heteroatoms. The van der Waals surface area contributed by atoms with Gasteiger partial charge >= 0.3 is 12.3 Å². The summed E-state index contributed by atoms with van der Waals surface area (Å²) in [5.74, 6) is 4.74. The van der Waals surface area contributed by atoms with Gasteiger partial charge in [-0.3, -0.25) is 4.57 Å². The number of nitrogens with two attached hydrogens (primary N) is 1. The highest BCUT2D eigenvalue weighted by Crippen LogP contribution is 2.36. The summed E-state index contributed by atoms with van der Waals surface area (Å²) in [4.78, 5) is 12.3. The van der Waals surface area contributed by atoms with Gasteiger partial charge in [-0.1, -0.05) is 42.2 Å². The van der Waals surface area contributed by atoms with Crippen molar-refractivity contribution in [3.05, 3.63) is 71.9 Å². The van der Waals surface area contributed by atoms with Gasteiger partial charge in [0.25, 0.3) is 0 Å². The molecule has 0 radical (unpaired) electrons. The molecule has 3 rings (SSSR count). The van der Waals surface area contributed by atoms with E-state index < -0.39 is 23.4 Å². The highest BCUT2D eigenvalue weighted by molar-refractivity contribution is 5.90. The molecule has 0 aliphatic heterocycles. The first-order valence-electron chi connectivity index (χ1n) is 9.19. The zero-order valence-electron chi connectivity index (χ0n) is 16.7. The number of halogens is 3. The minimum Gasteiger partial charge on any atom is -0.443 e. The third-order valence-electron chi connectivity index (χ3n) is 4.36. The van der Waals surface area contributed by atoms with Crippen LogP contribution < -0.4 is 5.73 Å². The van der Waals surface area contributed by atoms with E-state index >= 15 is 0 Å². The smallest absolute Gasteiger partial charge is 0.422 e. The molecule has 3 aromatic rings. The lowest BCUT2D eigenvalue weighted by molar-refractivity contribution is -0.171. The molecule has 1 aromatic heterocycles. The van der Waals surface area contributed by atoms with E-state index in [2.05, 4.69) is 11.8 Å². The molecular formula is C23H21F3N2O2. The molecule has 0 saturated heterocycles. The van der Waals surface area contributed by atoms with E-state index in [1.807, 2.05) is 0 Å². The highest BCUT2D eigenvalue weighted by Gasteiger charge is 2.52. The van der Waals surface area contributed by atoms with Crippen molar-refractivity contribution in [1.82, 2.24) is 4.57 Å². The van der Waals surface area contributed by atoms with Crippen molar-refractivity contribution in [3.63, 3.8) is 0 Å². The lowest BCUT2D eigenvalue weighted by Crippen LogP contribution is -2.49. The summed E-state index contributed by atoms with van der Waals surface area (Å²) < 4.78 is 47.8. The van der Waals surface area contributed by atoms with Crippen LogP contribution in [-0.2, 0) is 10.3 Å². The molecule has 0 saturated carbocycles. The van der Waals surface area contributed by atoms with E-state index in [0.717, 1.165) is 0 Å². The second kappa shape index (κ2) is 7.54. The van der Waals surface area contributed by atoms with Gasteiger partial charge < -0.3 is 10.5 Å². The fourth-order valence-corrected chi connectivity index (χ4v) is 2.87. The predicted molar refractivity (Wildman–Crippen MR) is 109 cm³/mol. The largest absolute Gasteiger partial charge is 0.443 e. The van der Waals surface area contributed by atoms with Gasteiger partial charge in [-0.25, -0.2) is 4.79 Å². The summed E-state index contributed by atoms with van der Waals surface area (Å²) >= 11 is 0. The number of fused-ring (bicyclic) bond motifs is 1. The third kappa shape index (κ3) is 4.34. The zero-order valence-corrected chi connectivity index (χ0v) is 16.7. The van der Waals surface area contributed by atoms with Crippen LogP contribution in [0.15, 0.2) is 60.8 Å². The van der Waals surface area contributed by atoms with Crippen LogP contribution in [0.3, 0.4) is 0 Å². The summed E-state index contributed by atoms with van der Waals surface area (Å²) in [6.45, 7) is 5.28. The Morgan fingerprint density at radius 1 is 1.03 bits per heavy atom. The molecule has 30 heavy (non-hydrogen) atoms. The van der Waals surface area contributed by atoms with Gasteiger partial charge in [0.1, 0.15) is 5.60 Å². The van der Waals surface area contributed by atoms with Crippen molar-refractivity contribution in [2.45, 2.75) is 38.1 Å². The first kappa shape index (κ1) is 21.5. The van der Waals surface area contributed by atoms with Gasteiger partial charge in [-0.15, -0.1) is 0 Å². The highest BCUT2D eigenvalue weighted by atomic mass is 19.4. The predicted octanol–water partition coefficient (Wildman–Crippen LogP) is 5.19. The molecule has 1 heterocycles. The van der Waals surface area contributed by atoms with Crippen molar-refractivity contribution in [1.29, 1.82) is 0 Å². The van der Waals surface area contributed by atoms with Gasteiger partial charge in [0, 0.05) is 17.1 Å². The number of hydrogen-bond donors (Lipinski definition) is 1. The first-order chi connectivity index (χ1) is 13.9. The number of rotatable bonds is 1. The molecule has 0 spiro atoms. The Hall–Kier alpha value is -3.24. The molecule has 1 unspecified atom stereocenters. The van der Waals surface area contributed by atoms with Crippen LogP contribution in [0.1, 0.15) is 31.9 Å². The maximum Gasteiger partial charge on any atom is 0.422 e. The number of hydrogen-bond acceptors (Lipinski definition) is 3. The van der Waals surface area contributed by atoms with E-state index in [1.165, 1.54) is 34.9 Å². The second-order valence-electron chi connectivity index (χ2n) is 7.86. The van der Waals surface area contributed by atoms with Gasteiger partial charge in [0.15, 0.2) is 5.54 Å². The number of ether oxygens (including phenoxy) is 1. The number of nitrogens with zero attached hydrogens (tertiary/aromatic N) is 1. The average Bonchev–Trinajstić information content (AvgIpc) is 3.08. The molecule has 0 fully saturated rings. The molecule has 2 N–H and O–H groups in total. The summed E-state index contributed by atoms with van der Waals surface area (Å²) in [5.41, 5.74) is 3.01. The minimum absolute atomic E-state index is 0.137. The van der Waals surface area contributed by atoms with E-state index in [4.69, 9.17) is 10.5 Å². The molecule has 0 aliphatic rings. The van der Waals surface area contributed by atoms with Crippen LogP contribution in [-0.4, -0.2) is 22.4 Å². The van der Waals surface area contributed by atoms with Crippen LogP contribution in [0.4, 0.5) is 18.0 Å². The summed E-state index contributed by atoms with van der Waals surface area (Å²) in [6, 6.07) is 13.6. The molecule has 1 atom stereocenters. The van der Waals surface area contributed by atoms with Crippen molar-refractivity contribution in [2.75, 3.05) is 0 Å². The minimum atomic E-state index is -4.76.